The third-order valence-electron chi connectivity index (χ3n) is 15.6. The molecular weight excluding hydrogens is 1430 g/mol. The van der Waals surface area contributed by atoms with Crippen molar-refractivity contribution in [3.8, 4) is 0 Å². The number of hydrogen-bond acceptors (Lipinski definition) is 27. The second kappa shape index (κ2) is 42.2. The first kappa shape index (κ1) is 84.2. The molecule has 2 fully saturated rings. The predicted molar refractivity (Wildman–Crippen MR) is 383 cm³/mol. The van der Waals surface area contributed by atoms with Crippen LogP contribution < -0.4 is 131 Å². The van der Waals surface area contributed by atoms with Crippen molar-refractivity contribution in [1.82, 2.24) is 74.4 Å². The zero-order valence-corrected chi connectivity index (χ0v) is 59.0. The first-order valence-corrected chi connectivity index (χ1v) is 33.9. The molecule has 103 heavy (non-hydrogen) atoms. The first-order chi connectivity index (χ1) is 48.9. The Morgan fingerprint density at radius 2 is 0.942 bits per heavy atom. The van der Waals surface area contributed by atoms with Gasteiger partial charge in [0.15, 0.2) is 11.9 Å². The maximum atomic E-state index is 13.9. The SMILES string of the molecule is C[C@@H]1NC(=O)C(N)CNC(=O)[C@H](C2CCN=C(N)N2)NC(=O)/C(=C/Nc2ccc(Cl)c(Cl)c2)NC(=O)[C@H](CNC(=O)C[C@@H](N)CCCN)NC1=O.NCCC[C@H](N)CC(=O)NC[C@@H]1NC(=O)[C@H](CO)NC(=O)C(N)CNC(=O)[C@H](C2CCN=C(N)N2)NC(=O)/C(=C/Nc2ccc(Cl)c(Cl)c2)NC1=O. The molecule has 566 valence electrons. The number of nitrogens with two attached hydrogens (primary N) is 8. The van der Waals surface area contributed by atoms with E-state index in [1.165, 1.54) is 37.3 Å². The minimum Gasteiger partial charge on any atom is -0.394 e. The van der Waals surface area contributed by atoms with E-state index in [1.54, 1.807) is 6.07 Å². The molecule has 0 bridgehead atoms. The summed E-state index contributed by atoms with van der Waals surface area (Å²) in [5, 5.41) is 52.0. The highest BCUT2D eigenvalue weighted by atomic mass is 35.5. The minimum atomic E-state index is -1.60. The number of aliphatic imine (C=N–C) groups is 2. The van der Waals surface area contributed by atoms with E-state index in [9.17, 15) is 62.6 Å². The molecule has 12 atom stereocenters. The van der Waals surface area contributed by atoms with Crippen molar-refractivity contribution in [3.05, 3.63) is 80.3 Å². The molecule has 0 saturated carbocycles. The Morgan fingerprint density at radius 1 is 0.544 bits per heavy atom. The van der Waals surface area contributed by atoms with Crippen molar-refractivity contribution in [3.63, 3.8) is 0 Å². The largest absolute Gasteiger partial charge is 0.394 e. The summed E-state index contributed by atoms with van der Waals surface area (Å²) in [6.45, 7) is -0.0435. The lowest BCUT2D eigenvalue weighted by atomic mass is 10.0. The lowest BCUT2D eigenvalue weighted by molar-refractivity contribution is -0.134. The number of nitrogens with one attached hydrogen (secondary N) is 16. The van der Waals surface area contributed by atoms with E-state index in [1.807, 2.05) is 0 Å². The van der Waals surface area contributed by atoms with Gasteiger partial charge in [0, 0.05) is 88.0 Å². The van der Waals surface area contributed by atoms with Crippen LogP contribution in [0.2, 0.25) is 20.1 Å². The molecular formula is C60H90Cl4N26O13. The van der Waals surface area contributed by atoms with E-state index in [-0.39, 0.29) is 77.3 Å². The fraction of sp³-hybridized carbons (Fsp3) is 0.500. The zero-order chi connectivity index (χ0) is 76.0. The van der Waals surface area contributed by atoms with E-state index in [4.69, 9.17) is 92.3 Å². The number of amides is 12. The van der Waals surface area contributed by atoms with Crippen molar-refractivity contribution in [2.75, 3.05) is 69.6 Å². The summed E-state index contributed by atoms with van der Waals surface area (Å²) in [7, 11) is 0. The Morgan fingerprint density at radius 3 is 1.33 bits per heavy atom. The Bertz CT molecular complexity index is 3520. The molecule has 4 aliphatic rings. The zero-order valence-electron chi connectivity index (χ0n) is 55.9. The van der Waals surface area contributed by atoms with Gasteiger partial charge in [-0.3, -0.25) is 67.5 Å². The Labute approximate surface area is 611 Å². The number of hydrogen-bond donors (Lipinski definition) is 25. The second-order valence-corrected chi connectivity index (χ2v) is 25.5. The van der Waals surface area contributed by atoms with Crippen LogP contribution >= 0.6 is 46.4 Å². The van der Waals surface area contributed by atoms with Crippen LogP contribution in [0.4, 0.5) is 11.4 Å². The average molecular weight is 1530 g/mol. The minimum absolute atomic E-state index is 0.0166. The molecule has 4 heterocycles. The number of benzene rings is 2. The maximum absolute atomic E-state index is 13.9. The number of guanidine groups is 2. The summed E-state index contributed by atoms with van der Waals surface area (Å²) < 4.78 is 0. The van der Waals surface area contributed by atoms with E-state index in [0.717, 1.165) is 12.4 Å². The quantitative estimate of drug-likeness (QED) is 0.0516. The lowest BCUT2D eigenvalue weighted by Crippen LogP contribution is -2.64. The van der Waals surface area contributed by atoms with Crippen molar-refractivity contribution >= 4 is 141 Å². The highest BCUT2D eigenvalue weighted by molar-refractivity contribution is 6.42. The molecule has 39 nitrogen and oxygen atoms in total. The number of aliphatic hydroxyl groups excluding tert-OH is 1. The van der Waals surface area contributed by atoms with Crippen molar-refractivity contribution < 1.29 is 62.6 Å². The van der Waals surface area contributed by atoms with Gasteiger partial charge in [0.25, 0.3) is 11.8 Å². The third kappa shape index (κ3) is 28.0. The molecule has 0 spiro atoms. The Hall–Kier alpha value is -9.42. The van der Waals surface area contributed by atoms with Crippen molar-refractivity contribution in [2.24, 2.45) is 55.9 Å². The van der Waals surface area contributed by atoms with Crippen LogP contribution in [-0.2, 0) is 57.5 Å². The molecule has 33 N–H and O–H groups in total. The van der Waals surface area contributed by atoms with E-state index in [0.29, 0.717) is 50.1 Å². The molecule has 4 aliphatic heterocycles. The second-order valence-electron chi connectivity index (χ2n) is 23.9. The number of rotatable bonds is 21. The third-order valence-corrected chi connectivity index (χ3v) is 17.1. The van der Waals surface area contributed by atoms with Crippen molar-refractivity contribution in [1.29, 1.82) is 0 Å². The van der Waals surface area contributed by atoms with Gasteiger partial charge < -0.3 is 136 Å². The molecule has 2 saturated heterocycles. The predicted octanol–water partition coefficient (Wildman–Crippen LogP) is -7.94. The summed E-state index contributed by atoms with van der Waals surface area (Å²) >= 11 is 24.3. The molecule has 0 aromatic heterocycles. The Kier molecular flexibility index (Phi) is 34.5. The number of nitrogens with zero attached hydrogens (tertiary/aromatic N) is 2. The summed E-state index contributed by atoms with van der Waals surface area (Å²) in [4.78, 5) is 168. The fourth-order valence-electron chi connectivity index (χ4n) is 9.83. The van der Waals surface area contributed by atoms with Crippen LogP contribution in [0.5, 0.6) is 0 Å². The van der Waals surface area contributed by atoms with Gasteiger partial charge in [-0.2, -0.15) is 0 Å². The number of anilines is 2. The molecule has 0 aliphatic carbocycles. The number of carbonyl (C=O) groups is 12. The summed E-state index contributed by atoms with van der Waals surface area (Å²) in [6, 6.07) is -4.80. The van der Waals surface area contributed by atoms with Gasteiger partial charge in [0.2, 0.25) is 59.1 Å². The smallest absolute Gasteiger partial charge is 0.270 e. The number of halogens is 4. The van der Waals surface area contributed by atoms with Gasteiger partial charge >= 0.3 is 0 Å². The Balaban J connectivity index is 0.000000371. The van der Waals surface area contributed by atoms with Crippen LogP contribution in [0, 0.1) is 0 Å². The fourth-order valence-corrected chi connectivity index (χ4v) is 10.4. The van der Waals surface area contributed by atoms with Gasteiger partial charge in [-0.25, -0.2) is 0 Å². The van der Waals surface area contributed by atoms with E-state index >= 15 is 0 Å². The molecule has 4 unspecified atom stereocenters. The van der Waals surface area contributed by atoms with Crippen LogP contribution in [0.25, 0.3) is 0 Å². The van der Waals surface area contributed by atoms with Gasteiger partial charge in [-0.15, -0.1) is 0 Å². The highest BCUT2D eigenvalue weighted by Gasteiger charge is 2.38. The standard InChI is InChI=1S/C30H45Cl2N13O7.C30H45Cl2N13O6/c31-16-4-3-15(9-17(16)32)38-11-20-27(50)45-24(19-5-7-37-30(36)44-19)29(52)40-10-18(35)25(48)43-22(13-46)28(51)42-21(26(49)41-20)12-39-23(47)8-14(34)2-1-6-33;1-14-25(47)42-22(13-39-23(46)9-15(34)3-2-7-33)27(49)43-21(12-38-16-4-5-17(31)18(32)10-16)28(50)45-24(20-6-8-37-30(36)44-20)29(51)40-11-19(35)26(48)41-14/h3-4,9,11,14,18-19,21-22,24,38,46H,1-2,5-8,10,12-13,33-35H2,(H,39,47)(H,40,52)(H,41,49)(H,42,51)(H,43,48)(H,45,50)(H3,36,37,44);4-5,10,12,14-15,19-20,22,24,38H,2-3,6-9,11,13,33-35H2,1H3,(H,39,46)(H,40,51)(H,41,48)(H,42,47)(H,43,49)(H,45,50)(H3,36,37,44)/b20-11-;21-12-/t14-,18?,19?,21-,22-,24-;14-,15-,19?,20?,22-,24-/m00/s1. The molecule has 6 rings (SSSR count). The molecule has 0 radical (unpaired) electrons. The molecule has 12 amide bonds. The average Bonchev–Trinajstić information content (AvgIpc) is 0.835. The molecule has 2 aromatic carbocycles. The topological polar surface area (TPSA) is 650 Å². The van der Waals surface area contributed by atoms with E-state index < -0.39 is 181 Å². The highest BCUT2D eigenvalue weighted by Crippen LogP contribution is 2.26. The van der Waals surface area contributed by atoms with Gasteiger partial charge in [0.05, 0.1) is 38.8 Å². The van der Waals surface area contributed by atoms with E-state index in [2.05, 4.69) is 95.1 Å². The summed E-state index contributed by atoms with van der Waals surface area (Å²) in [5.41, 5.74) is 46.6. The van der Waals surface area contributed by atoms with Crippen LogP contribution in [0.15, 0.2) is 70.2 Å². The van der Waals surface area contributed by atoms with Gasteiger partial charge in [0.1, 0.15) is 59.7 Å². The maximum Gasteiger partial charge on any atom is 0.270 e. The van der Waals surface area contributed by atoms with Crippen LogP contribution in [0.3, 0.4) is 0 Å². The molecule has 43 heteroatoms. The van der Waals surface area contributed by atoms with Crippen molar-refractivity contribution in [2.45, 2.75) is 131 Å². The summed E-state index contributed by atoms with van der Waals surface area (Å²) in [6.07, 6.45) is 4.73. The summed E-state index contributed by atoms with van der Waals surface area (Å²) in [5.74, 6) is -9.94. The van der Waals surface area contributed by atoms with Gasteiger partial charge in [-0.1, -0.05) is 46.4 Å². The lowest BCUT2D eigenvalue weighted by Gasteiger charge is -2.31. The monoisotopic (exact) mass is 1520 g/mol. The van der Waals surface area contributed by atoms with Gasteiger partial charge in [-0.05, 0) is 94.9 Å². The number of carbonyl (C=O) groups excluding carboxylic acids is 12. The number of aliphatic hydroxyl groups is 1. The van der Waals surface area contributed by atoms with Crippen LogP contribution in [-0.4, -0.2) is 219 Å². The normalized spacial score (nSPS) is 25.1. The molecule has 2 aromatic rings. The van der Waals surface area contributed by atoms with Crippen LogP contribution in [0.1, 0.15) is 58.3 Å². The first-order valence-electron chi connectivity index (χ1n) is 32.4.